The Kier molecular flexibility index (Phi) is 8.11. The molecule has 1 unspecified atom stereocenters. The molecule has 178 valence electrons. The van der Waals surface area contributed by atoms with Crippen LogP contribution in [0.25, 0.3) is 11.0 Å². The molecule has 4 rings (SSSR count). The Morgan fingerprint density at radius 1 is 1.16 bits per heavy atom. The molecular weight excluding hydrogens is 442 g/mol. The van der Waals surface area contributed by atoms with Crippen LogP contribution in [-0.2, 0) is 23.7 Å². The van der Waals surface area contributed by atoms with Crippen molar-refractivity contribution in [2.45, 2.75) is 56.1 Å². The molecule has 2 aromatic heterocycles. The molecule has 3 heterocycles. The van der Waals surface area contributed by atoms with Crippen molar-refractivity contribution in [3.05, 3.63) is 11.5 Å². The first-order valence-corrected chi connectivity index (χ1v) is 11.1. The Morgan fingerprint density at radius 2 is 1.88 bits per heavy atom. The summed E-state index contributed by atoms with van der Waals surface area (Å²) in [5, 5.41) is 18.8. The number of aromatic nitrogens is 4. The molecule has 0 bridgehead atoms. The number of hydrogen-bond donors (Lipinski definition) is 2. The van der Waals surface area contributed by atoms with Crippen molar-refractivity contribution < 1.29 is 28.8 Å². The SMILES string of the molecule is COCO[C@H]1[C@H](OCOC)C(n2ncc3c(NC4CCCC4)nc(Cl)nc32)CO[C@@H]1CO. The van der Waals surface area contributed by atoms with Gasteiger partial charge in [0, 0.05) is 20.3 Å². The second kappa shape index (κ2) is 11.0. The largest absolute Gasteiger partial charge is 0.394 e. The van der Waals surface area contributed by atoms with Crippen LogP contribution in [-0.4, -0.2) is 90.2 Å². The highest BCUT2D eigenvalue weighted by molar-refractivity contribution is 6.28. The van der Waals surface area contributed by atoms with Crippen molar-refractivity contribution in [3.8, 4) is 0 Å². The highest BCUT2D eigenvalue weighted by Crippen LogP contribution is 2.33. The minimum atomic E-state index is -0.610. The van der Waals surface area contributed by atoms with Crippen LogP contribution in [0.3, 0.4) is 0 Å². The fourth-order valence-corrected chi connectivity index (χ4v) is 4.59. The van der Waals surface area contributed by atoms with Gasteiger partial charge >= 0.3 is 0 Å². The van der Waals surface area contributed by atoms with Crippen molar-refractivity contribution >= 4 is 28.5 Å². The molecule has 2 aliphatic rings. The van der Waals surface area contributed by atoms with Crippen LogP contribution < -0.4 is 5.32 Å². The molecule has 1 saturated heterocycles. The third-order valence-corrected chi connectivity index (χ3v) is 6.09. The van der Waals surface area contributed by atoms with E-state index in [1.807, 2.05) is 0 Å². The van der Waals surface area contributed by atoms with E-state index in [1.165, 1.54) is 20.0 Å². The zero-order valence-corrected chi connectivity index (χ0v) is 19.0. The fourth-order valence-electron chi connectivity index (χ4n) is 4.43. The molecule has 1 saturated carbocycles. The van der Waals surface area contributed by atoms with Gasteiger partial charge in [0.15, 0.2) is 5.65 Å². The Hall–Kier alpha value is -1.60. The van der Waals surface area contributed by atoms with Gasteiger partial charge in [-0.05, 0) is 24.4 Å². The molecule has 2 aromatic rings. The Labute approximate surface area is 191 Å². The number of hydrogen-bond acceptors (Lipinski definition) is 10. The van der Waals surface area contributed by atoms with Crippen LogP contribution in [0.2, 0.25) is 5.28 Å². The second-order valence-corrected chi connectivity index (χ2v) is 8.33. The van der Waals surface area contributed by atoms with Gasteiger partial charge < -0.3 is 34.1 Å². The van der Waals surface area contributed by atoms with E-state index < -0.39 is 24.4 Å². The number of rotatable bonds is 10. The smallest absolute Gasteiger partial charge is 0.226 e. The number of anilines is 1. The molecule has 0 aromatic carbocycles. The summed E-state index contributed by atoms with van der Waals surface area (Å²) in [5.74, 6) is 0.671. The van der Waals surface area contributed by atoms with E-state index in [4.69, 9.17) is 35.3 Å². The van der Waals surface area contributed by atoms with Gasteiger partial charge in [-0.2, -0.15) is 15.1 Å². The third kappa shape index (κ3) is 4.98. The standard InChI is InChI=1S/C20H30ClN5O6/c1-28-10-31-16-14(9-30-15(8-27)17(16)32-11-29-2)26-19-13(7-22-26)18(24-20(21)25-19)23-12-5-3-4-6-12/h7,12,14-17,27H,3-6,8-11H2,1-2H3,(H,23,24,25)/t14?,15-,16-,17-/m1/s1. The summed E-state index contributed by atoms with van der Waals surface area (Å²) in [5.41, 5.74) is 0.568. The predicted molar refractivity (Wildman–Crippen MR) is 116 cm³/mol. The van der Waals surface area contributed by atoms with E-state index in [9.17, 15) is 5.11 Å². The highest BCUT2D eigenvalue weighted by Gasteiger charge is 2.44. The topological polar surface area (TPSA) is 122 Å². The monoisotopic (exact) mass is 471 g/mol. The molecule has 0 spiro atoms. The summed E-state index contributed by atoms with van der Waals surface area (Å²) in [4.78, 5) is 8.85. The summed E-state index contributed by atoms with van der Waals surface area (Å²) in [6.07, 6.45) is 4.59. The summed E-state index contributed by atoms with van der Waals surface area (Å²) in [6, 6.07) is -0.0435. The van der Waals surface area contributed by atoms with Gasteiger partial charge in [-0.25, -0.2) is 4.68 Å². The summed E-state index contributed by atoms with van der Waals surface area (Å²) in [6.45, 7) is 0.0659. The first kappa shape index (κ1) is 23.6. The van der Waals surface area contributed by atoms with Crippen molar-refractivity contribution in [2.24, 2.45) is 0 Å². The molecule has 0 radical (unpaired) electrons. The van der Waals surface area contributed by atoms with Gasteiger partial charge in [-0.1, -0.05) is 12.8 Å². The number of nitrogens with zero attached hydrogens (tertiary/aromatic N) is 4. The van der Waals surface area contributed by atoms with Gasteiger partial charge in [0.05, 0.1) is 24.8 Å². The lowest BCUT2D eigenvalue weighted by Gasteiger charge is -2.41. The molecule has 2 N–H and O–H groups in total. The van der Waals surface area contributed by atoms with Crippen molar-refractivity contribution in [1.82, 2.24) is 19.7 Å². The molecule has 0 amide bonds. The molecule has 1 aliphatic heterocycles. The Balaban J connectivity index is 1.68. The summed E-state index contributed by atoms with van der Waals surface area (Å²) >= 11 is 6.28. The van der Waals surface area contributed by atoms with Gasteiger partial charge in [0.2, 0.25) is 5.28 Å². The molecule has 2 fully saturated rings. The van der Waals surface area contributed by atoms with E-state index in [0.717, 1.165) is 18.2 Å². The molecule has 1 aliphatic carbocycles. The average Bonchev–Trinajstić information content (AvgIpc) is 3.46. The van der Waals surface area contributed by atoms with Gasteiger partial charge in [0.25, 0.3) is 0 Å². The predicted octanol–water partition coefficient (Wildman–Crippen LogP) is 1.74. The van der Waals surface area contributed by atoms with E-state index in [0.29, 0.717) is 17.5 Å². The van der Waals surface area contributed by atoms with E-state index >= 15 is 0 Å². The van der Waals surface area contributed by atoms with Crippen molar-refractivity contribution in [2.75, 3.05) is 46.3 Å². The lowest BCUT2D eigenvalue weighted by molar-refractivity contribution is -0.241. The second-order valence-electron chi connectivity index (χ2n) is 7.99. The number of aliphatic hydroxyl groups excluding tert-OH is 1. The minimum Gasteiger partial charge on any atom is -0.394 e. The number of aliphatic hydroxyl groups is 1. The molecular formula is C20H30ClN5O6. The van der Waals surface area contributed by atoms with Crippen LogP contribution in [0, 0.1) is 0 Å². The molecule has 32 heavy (non-hydrogen) atoms. The summed E-state index contributed by atoms with van der Waals surface area (Å²) in [7, 11) is 3.07. The summed E-state index contributed by atoms with van der Waals surface area (Å²) < 4.78 is 29.6. The number of ether oxygens (including phenoxy) is 5. The van der Waals surface area contributed by atoms with Crippen molar-refractivity contribution in [3.63, 3.8) is 0 Å². The lowest BCUT2D eigenvalue weighted by Crippen LogP contribution is -2.55. The molecule has 4 atom stereocenters. The normalized spacial score (nSPS) is 26.8. The average molecular weight is 472 g/mol. The molecule has 11 nitrogen and oxygen atoms in total. The van der Waals surface area contributed by atoms with E-state index in [2.05, 4.69) is 20.4 Å². The number of fused-ring (bicyclic) bond motifs is 1. The highest BCUT2D eigenvalue weighted by atomic mass is 35.5. The lowest BCUT2D eigenvalue weighted by atomic mass is 9.98. The van der Waals surface area contributed by atoms with Gasteiger partial charge in [-0.3, -0.25) is 0 Å². The van der Waals surface area contributed by atoms with Crippen LogP contribution >= 0.6 is 11.6 Å². The Morgan fingerprint density at radius 3 is 2.56 bits per heavy atom. The third-order valence-electron chi connectivity index (χ3n) is 5.92. The van der Waals surface area contributed by atoms with Crippen molar-refractivity contribution in [1.29, 1.82) is 0 Å². The van der Waals surface area contributed by atoms with Crippen LogP contribution in [0.1, 0.15) is 31.7 Å². The molecule has 12 heteroatoms. The Bertz CT molecular complexity index is 880. The first-order chi connectivity index (χ1) is 15.7. The maximum Gasteiger partial charge on any atom is 0.226 e. The van der Waals surface area contributed by atoms with Crippen LogP contribution in [0.4, 0.5) is 5.82 Å². The first-order valence-electron chi connectivity index (χ1n) is 10.8. The number of halogens is 1. The zero-order valence-electron chi connectivity index (χ0n) is 18.3. The van der Waals surface area contributed by atoms with E-state index in [1.54, 1.807) is 18.0 Å². The number of methoxy groups -OCH3 is 2. The van der Waals surface area contributed by atoms with E-state index in [-0.39, 0.29) is 32.1 Å². The minimum absolute atomic E-state index is 0.0212. The van der Waals surface area contributed by atoms with Crippen LogP contribution in [0.15, 0.2) is 6.20 Å². The zero-order chi connectivity index (χ0) is 22.5. The van der Waals surface area contributed by atoms with Gasteiger partial charge in [0.1, 0.15) is 43.8 Å². The maximum atomic E-state index is 9.80. The quantitative estimate of drug-likeness (QED) is 0.391. The van der Waals surface area contributed by atoms with Gasteiger partial charge in [-0.15, -0.1) is 0 Å². The fraction of sp³-hybridized carbons (Fsp3) is 0.750. The van der Waals surface area contributed by atoms with Crippen LogP contribution in [0.5, 0.6) is 0 Å². The maximum absolute atomic E-state index is 9.80. The number of nitrogens with one attached hydrogen (secondary N) is 1.